The van der Waals surface area contributed by atoms with E-state index in [1.54, 1.807) is 18.2 Å². The Bertz CT molecular complexity index is 756. The minimum absolute atomic E-state index is 0.00275. The van der Waals surface area contributed by atoms with E-state index in [0.29, 0.717) is 28.8 Å². The first kappa shape index (κ1) is 20.3. The van der Waals surface area contributed by atoms with Crippen molar-refractivity contribution in [3.63, 3.8) is 0 Å². The molecule has 2 rings (SSSR count). The number of nitrogens with one attached hydrogen (secondary N) is 2. The van der Waals surface area contributed by atoms with Crippen LogP contribution in [0.3, 0.4) is 0 Å². The molecule has 0 saturated carbocycles. The summed E-state index contributed by atoms with van der Waals surface area (Å²) in [6.07, 6.45) is 0. The fourth-order valence-electron chi connectivity index (χ4n) is 1.79. The highest BCUT2D eigenvalue weighted by atomic mass is 79.9. The molecule has 3 N–H and O–H groups in total. The number of aliphatic hydroxyl groups is 1. The molecule has 0 amide bonds. The van der Waals surface area contributed by atoms with Gasteiger partial charge in [0.25, 0.3) is 0 Å². The van der Waals surface area contributed by atoms with Crippen molar-refractivity contribution < 1.29 is 24.5 Å². The summed E-state index contributed by atoms with van der Waals surface area (Å²) in [5, 5.41) is 11.6. The van der Waals surface area contributed by atoms with Gasteiger partial charge in [-0.15, -0.1) is 0 Å². The molecule has 0 aliphatic carbocycles. The van der Waals surface area contributed by atoms with Gasteiger partial charge in [0.05, 0.1) is 12.3 Å². The van der Waals surface area contributed by atoms with E-state index < -0.39 is 15.1 Å². The van der Waals surface area contributed by atoms with E-state index in [2.05, 4.69) is 26.0 Å². The normalized spacial score (nSPS) is 14.7. The minimum atomic E-state index is -9.65. The average molecular weight is 465 g/mol. The summed E-state index contributed by atoms with van der Waals surface area (Å²) in [6.45, 7) is 0.420. The molecule has 0 bridgehead atoms. The van der Waals surface area contributed by atoms with E-state index in [9.17, 15) is 19.4 Å². The third-order valence-electron chi connectivity index (χ3n) is 2.92. The Kier molecular flexibility index (Phi) is 5.37. The van der Waals surface area contributed by atoms with Crippen LogP contribution in [0.2, 0.25) is 0 Å². The first-order valence-electron chi connectivity index (χ1n) is 6.80. The second-order valence-corrected chi connectivity index (χ2v) is 9.21. The maximum absolute atomic E-state index is 12.7. The third-order valence-corrected chi connectivity index (χ3v) is 5.58. The molecule has 0 heterocycles. The zero-order valence-corrected chi connectivity index (χ0v) is 15.7. The van der Waals surface area contributed by atoms with Gasteiger partial charge < -0.3 is 10.4 Å². The van der Waals surface area contributed by atoms with Gasteiger partial charge >= 0.3 is 10.2 Å². The first-order chi connectivity index (χ1) is 11.4. The minimum Gasteiger partial charge on any atom is -0.395 e. The molecule has 11 heteroatoms. The summed E-state index contributed by atoms with van der Waals surface area (Å²) in [6, 6.07) is 7.83. The van der Waals surface area contributed by atoms with Gasteiger partial charge in [0, 0.05) is 21.6 Å². The van der Waals surface area contributed by atoms with Crippen molar-refractivity contribution >= 4 is 49.5 Å². The maximum Gasteiger partial charge on any atom is 0.310 e. The standard InChI is InChI=1S/C14H14BrF5N2OS2/c15-13-9-11(24-21-7-8-23)3-6-14(13)22-10-1-4-12(5-2-10)25(16,17,18,19)20/h1-6,9,21-23H,7-8H2. The van der Waals surface area contributed by atoms with Crippen LogP contribution in [0, 0.1) is 0 Å². The number of benzene rings is 2. The number of hydrogen-bond donors (Lipinski definition) is 3. The molecule has 0 unspecified atom stereocenters. The predicted octanol–water partition coefficient (Wildman–Crippen LogP) is 6.44. The number of halogens is 6. The van der Waals surface area contributed by atoms with Gasteiger partial charge in [-0.2, -0.15) is 0 Å². The Morgan fingerprint density at radius 3 is 2.16 bits per heavy atom. The molecular weight excluding hydrogens is 451 g/mol. The van der Waals surface area contributed by atoms with Crippen LogP contribution in [0.1, 0.15) is 0 Å². The van der Waals surface area contributed by atoms with Crippen LogP contribution in [0.4, 0.5) is 30.8 Å². The summed E-state index contributed by atoms with van der Waals surface area (Å²) in [5.41, 5.74) is 0.803. The van der Waals surface area contributed by atoms with E-state index in [1.165, 1.54) is 11.9 Å². The summed E-state index contributed by atoms with van der Waals surface area (Å²) >= 11 is 4.64. The van der Waals surface area contributed by atoms with Crippen molar-refractivity contribution in [3.05, 3.63) is 46.9 Å². The smallest absolute Gasteiger partial charge is 0.310 e. The van der Waals surface area contributed by atoms with E-state index in [1.807, 2.05) is 0 Å². The molecule has 0 saturated heterocycles. The molecule has 0 radical (unpaired) electrons. The molecule has 0 aliphatic heterocycles. The average Bonchev–Trinajstić information content (AvgIpc) is 2.48. The molecule has 0 fully saturated rings. The molecule has 2 aromatic carbocycles. The van der Waals surface area contributed by atoms with Gasteiger partial charge in [0.2, 0.25) is 0 Å². The molecule has 140 valence electrons. The summed E-state index contributed by atoms with van der Waals surface area (Å²) in [4.78, 5) is -1.08. The third kappa shape index (κ3) is 6.03. The Hall–Kier alpha value is -1.01. The topological polar surface area (TPSA) is 44.3 Å². The molecule has 2 aromatic rings. The van der Waals surface area contributed by atoms with Crippen molar-refractivity contribution in [2.24, 2.45) is 0 Å². The number of rotatable bonds is 7. The quantitative estimate of drug-likeness (QED) is 0.250. The van der Waals surface area contributed by atoms with Crippen LogP contribution >= 0.6 is 38.1 Å². The Morgan fingerprint density at radius 1 is 1.00 bits per heavy atom. The highest BCUT2D eigenvalue weighted by Gasteiger charge is 2.65. The van der Waals surface area contributed by atoms with Gasteiger partial charge in [-0.05, 0) is 70.3 Å². The second-order valence-electron chi connectivity index (χ2n) is 4.98. The summed E-state index contributed by atoms with van der Waals surface area (Å²) in [7, 11) is -9.65. The predicted molar refractivity (Wildman–Crippen MR) is 96.2 cm³/mol. The fraction of sp³-hybridized carbons (Fsp3) is 0.143. The lowest BCUT2D eigenvalue weighted by Gasteiger charge is -2.40. The molecule has 0 atom stereocenters. The highest BCUT2D eigenvalue weighted by molar-refractivity contribution is 9.10. The lowest BCUT2D eigenvalue weighted by Crippen LogP contribution is -2.08. The van der Waals surface area contributed by atoms with Gasteiger partial charge in [-0.1, -0.05) is 19.4 Å². The van der Waals surface area contributed by atoms with E-state index in [0.717, 1.165) is 17.0 Å². The lowest BCUT2D eigenvalue weighted by atomic mass is 10.2. The Balaban J connectivity index is 2.13. The zero-order chi connectivity index (χ0) is 18.8. The summed E-state index contributed by atoms with van der Waals surface area (Å²) in [5.74, 6) is 0. The van der Waals surface area contributed by atoms with Crippen molar-refractivity contribution in [2.75, 3.05) is 18.5 Å². The first-order valence-corrected chi connectivity index (χ1v) is 10.4. The van der Waals surface area contributed by atoms with Crippen LogP contribution in [0.5, 0.6) is 0 Å². The maximum atomic E-state index is 12.7. The zero-order valence-electron chi connectivity index (χ0n) is 12.5. The van der Waals surface area contributed by atoms with Crippen molar-refractivity contribution in [1.82, 2.24) is 4.72 Å². The van der Waals surface area contributed by atoms with E-state index in [-0.39, 0.29) is 12.3 Å². The monoisotopic (exact) mass is 464 g/mol. The molecule has 0 spiro atoms. The van der Waals surface area contributed by atoms with E-state index >= 15 is 0 Å². The van der Waals surface area contributed by atoms with Gasteiger partial charge in [-0.25, -0.2) is 0 Å². The van der Waals surface area contributed by atoms with Crippen LogP contribution in [-0.4, -0.2) is 18.3 Å². The highest BCUT2D eigenvalue weighted by Crippen LogP contribution is 3.02. The number of aliphatic hydroxyl groups excluding tert-OH is 1. The van der Waals surface area contributed by atoms with Crippen LogP contribution < -0.4 is 10.0 Å². The number of hydrogen-bond acceptors (Lipinski definition) is 4. The van der Waals surface area contributed by atoms with Crippen LogP contribution in [0.25, 0.3) is 0 Å². The van der Waals surface area contributed by atoms with Crippen molar-refractivity contribution in [1.29, 1.82) is 0 Å². The summed E-state index contributed by atoms with van der Waals surface area (Å²) < 4.78 is 67.0. The molecule has 3 nitrogen and oxygen atoms in total. The van der Waals surface area contributed by atoms with Gasteiger partial charge in [0.15, 0.2) is 0 Å². The molecule has 0 aromatic heterocycles. The van der Waals surface area contributed by atoms with Crippen molar-refractivity contribution in [2.45, 2.75) is 9.79 Å². The largest absolute Gasteiger partial charge is 0.395 e. The Morgan fingerprint density at radius 2 is 1.64 bits per heavy atom. The van der Waals surface area contributed by atoms with Gasteiger partial charge in [0.1, 0.15) is 4.90 Å². The Labute approximate surface area is 154 Å². The lowest BCUT2D eigenvalue weighted by molar-refractivity contribution is 0.302. The fourth-order valence-corrected chi connectivity index (χ4v) is 3.74. The molecule has 0 aliphatic rings. The van der Waals surface area contributed by atoms with Crippen LogP contribution in [0.15, 0.2) is 56.7 Å². The van der Waals surface area contributed by atoms with E-state index in [4.69, 9.17) is 5.11 Å². The second kappa shape index (κ2) is 6.62. The number of anilines is 2. The molecular formula is C14H14BrF5N2OS2. The molecule has 25 heavy (non-hydrogen) atoms. The van der Waals surface area contributed by atoms with Crippen molar-refractivity contribution in [3.8, 4) is 0 Å². The van der Waals surface area contributed by atoms with Gasteiger partial charge in [-0.3, -0.25) is 4.72 Å². The van der Waals surface area contributed by atoms with Crippen LogP contribution in [-0.2, 0) is 0 Å². The SMILES string of the molecule is OCCNSc1ccc(Nc2ccc(S(F)(F)(F)(F)F)cc2)c(Br)c1.